The van der Waals surface area contributed by atoms with Crippen LogP contribution in [0.2, 0.25) is 0 Å². The summed E-state index contributed by atoms with van der Waals surface area (Å²) >= 11 is 0. The zero-order valence-corrected chi connectivity index (χ0v) is 19.8. The molecule has 0 radical (unpaired) electrons. The third-order valence-electron chi connectivity index (χ3n) is 7.29. The molecule has 180 valence electrons. The van der Waals surface area contributed by atoms with E-state index in [1.807, 2.05) is 49.3 Å². The number of hydrogen-bond acceptors (Lipinski definition) is 5. The van der Waals surface area contributed by atoms with Gasteiger partial charge >= 0.3 is 5.97 Å². The number of nitrogens with zero attached hydrogens (tertiary/aromatic N) is 5. The average Bonchev–Trinajstić information content (AvgIpc) is 3.16. The second kappa shape index (κ2) is 9.33. The first-order chi connectivity index (χ1) is 16.4. The van der Waals surface area contributed by atoms with Gasteiger partial charge in [-0.3, -0.25) is 0 Å². The van der Waals surface area contributed by atoms with Crippen molar-refractivity contribution in [1.29, 1.82) is 0 Å². The number of carbonyl (C=O) groups is 1. The van der Waals surface area contributed by atoms with Gasteiger partial charge in [0.05, 0.1) is 22.5 Å². The number of aromatic carboxylic acids is 1. The number of halogens is 1. The molecule has 1 aliphatic carbocycles. The number of aromatic nitrogens is 3. The van der Waals surface area contributed by atoms with Crippen molar-refractivity contribution in [3.8, 4) is 5.69 Å². The largest absolute Gasteiger partial charge is 0.477 e. The van der Waals surface area contributed by atoms with Gasteiger partial charge in [-0.25, -0.2) is 18.9 Å². The summed E-state index contributed by atoms with van der Waals surface area (Å²) in [5.41, 5.74) is 3.33. The summed E-state index contributed by atoms with van der Waals surface area (Å²) in [5.74, 6) is -0.677. The van der Waals surface area contributed by atoms with Crippen LogP contribution in [0.3, 0.4) is 0 Å². The predicted octanol–water partition coefficient (Wildman–Crippen LogP) is 4.50. The average molecular weight is 466 g/mol. The van der Waals surface area contributed by atoms with Crippen LogP contribution in [0.5, 0.6) is 0 Å². The van der Waals surface area contributed by atoms with Crippen molar-refractivity contribution in [2.24, 2.45) is 5.92 Å². The summed E-state index contributed by atoms with van der Waals surface area (Å²) in [6.45, 7) is 1.82. The third-order valence-corrected chi connectivity index (χ3v) is 7.29. The van der Waals surface area contributed by atoms with Gasteiger partial charge in [-0.05, 0) is 63.9 Å². The van der Waals surface area contributed by atoms with E-state index in [0.29, 0.717) is 31.2 Å². The Hall–Kier alpha value is -3.00. The Balaban J connectivity index is 1.57. The van der Waals surface area contributed by atoms with E-state index < -0.39 is 12.1 Å². The number of rotatable bonds is 7. The fourth-order valence-electron chi connectivity index (χ4n) is 5.20. The van der Waals surface area contributed by atoms with Crippen LogP contribution in [0.15, 0.2) is 36.4 Å². The highest BCUT2D eigenvalue weighted by Crippen LogP contribution is 2.43. The Bertz CT molecular complexity index is 1170. The molecule has 1 N–H and O–H groups in total. The Morgan fingerprint density at radius 1 is 1.18 bits per heavy atom. The van der Waals surface area contributed by atoms with Gasteiger partial charge in [-0.1, -0.05) is 24.6 Å². The van der Waals surface area contributed by atoms with Crippen LogP contribution in [0.4, 0.5) is 10.1 Å². The fraction of sp³-hybridized carbons (Fsp3) is 0.500. The normalized spacial score (nSPS) is 18.4. The molecule has 7 nitrogen and oxygen atoms in total. The SMILES string of the molecule is CN(C)C[C@@H](F)C1CCN(c2cc(C(=O)O)nc3c2c(C2CCC2)nn3-c2ccccc2)CC1. The third kappa shape index (κ3) is 4.27. The van der Waals surface area contributed by atoms with E-state index in [9.17, 15) is 14.3 Å². The summed E-state index contributed by atoms with van der Waals surface area (Å²) in [5, 5.41) is 15.8. The van der Waals surface area contributed by atoms with Crippen molar-refractivity contribution in [3.05, 3.63) is 47.8 Å². The Labute approximate surface area is 199 Å². The number of benzene rings is 1. The molecule has 0 bridgehead atoms. The van der Waals surface area contributed by atoms with Gasteiger partial charge in [0.15, 0.2) is 11.3 Å². The quantitative estimate of drug-likeness (QED) is 0.554. The lowest BCUT2D eigenvalue weighted by Gasteiger charge is -2.36. The van der Waals surface area contributed by atoms with Crippen molar-refractivity contribution in [2.75, 3.05) is 38.6 Å². The first kappa shape index (κ1) is 22.8. The molecule has 3 heterocycles. The van der Waals surface area contributed by atoms with Gasteiger partial charge in [-0.15, -0.1) is 0 Å². The number of hydrogen-bond donors (Lipinski definition) is 1. The molecule has 2 aromatic heterocycles. The molecule has 34 heavy (non-hydrogen) atoms. The monoisotopic (exact) mass is 465 g/mol. The van der Waals surface area contributed by atoms with E-state index >= 15 is 0 Å². The van der Waals surface area contributed by atoms with Gasteiger partial charge in [0.2, 0.25) is 0 Å². The number of piperidine rings is 1. The van der Waals surface area contributed by atoms with Crippen molar-refractivity contribution in [1.82, 2.24) is 19.7 Å². The number of fused-ring (bicyclic) bond motifs is 1. The van der Waals surface area contributed by atoms with Gasteiger partial charge in [-0.2, -0.15) is 5.10 Å². The van der Waals surface area contributed by atoms with Gasteiger partial charge < -0.3 is 14.9 Å². The summed E-state index contributed by atoms with van der Waals surface area (Å²) in [6, 6.07) is 11.4. The summed E-state index contributed by atoms with van der Waals surface area (Å²) in [7, 11) is 3.80. The highest BCUT2D eigenvalue weighted by Gasteiger charge is 2.32. The van der Waals surface area contributed by atoms with Crippen molar-refractivity contribution in [3.63, 3.8) is 0 Å². The summed E-state index contributed by atoms with van der Waals surface area (Å²) < 4.78 is 16.5. The number of alkyl halides is 1. The highest BCUT2D eigenvalue weighted by atomic mass is 19.1. The molecule has 0 amide bonds. The maximum atomic E-state index is 14.7. The lowest BCUT2D eigenvalue weighted by atomic mass is 9.81. The van der Waals surface area contributed by atoms with Crippen LogP contribution in [-0.4, -0.2) is 70.6 Å². The lowest BCUT2D eigenvalue weighted by molar-refractivity contribution is 0.0691. The van der Waals surface area contributed by atoms with Gasteiger partial charge in [0.1, 0.15) is 6.17 Å². The fourth-order valence-corrected chi connectivity index (χ4v) is 5.20. The van der Waals surface area contributed by atoms with E-state index in [2.05, 4.69) is 9.88 Å². The van der Waals surface area contributed by atoms with Crippen molar-refractivity contribution < 1.29 is 14.3 Å². The second-order valence-electron chi connectivity index (χ2n) is 9.89. The van der Waals surface area contributed by atoms with Gasteiger partial charge in [0, 0.05) is 25.6 Å². The number of para-hydroxylation sites is 1. The molecular weight excluding hydrogens is 433 g/mol. The summed E-state index contributed by atoms with van der Waals surface area (Å²) in [6.07, 6.45) is 3.97. The number of anilines is 1. The van der Waals surface area contributed by atoms with Crippen molar-refractivity contribution >= 4 is 22.7 Å². The van der Waals surface area contributed by atoms with Crippen LogP contribution < -0.4 is 4.90 Å². The molecule has 0 spiro atoms. The Morgan fingerprint density at radius 2 is 1.88 bits per heavy atom. The lowest BCUT2D eigenvalue weighted by Crippen LogP contribution is -2.39. The van der Waals surface area contributed by atoms with Gasteiger partial charge in [0.25, 0.3) is 0 Å². The van der Waals surface area contributed by atoms with Crippen LogP contribution in [0.1, 0.15) is 54.2 Å². The molecule has 1 atom stereocenters. The minimum atomic E-state index is -1.06. The van der Waals surface area contributed by atoms with E-state index in [1.54, 1.807) is 10.7 Å². The zero-order chi connectivity index (χ0) is 23.8. The molecule has 2 fully saturated rings. The number of carboxylic acids is 1. The van der Waals surface area contributed by atoms with Crippen LogP contribution >= 0.6 is 0 Å². The van der Waals surface area contributed by atoms with E-state index in [0.717, 1.165) is 48.1 Å². The molecule has 1 aliphatic heterocycles. The maximum Gasteiger partial charge on any atom is 0.354 e. The van der Waals surface area contributed by atoms with E-state index in [4.69, 9.17) is 5.10 Å². The minimum Gasteiger partial charge on any atom is -0.477 e. The Morgan fingerprint density at radius 3 is 2.47 bits per heavy atom. The topological polar surface area (TPSA) is 74.5 Å². The molecule has 5 rings (SSSR count). The van der Waals surface area contributed by atoms with Crippen LogP contribution in [-0.2, 0) is 0 Å². The highest BCUT2D eigenvalue weighted by molar-refractivity contribution is 5.98. The standard InChI is InChI=1S/C26H32FN5O2/c1-30(2)16-20(27)17-11-13-31(14-12-17)22-15-21(26(33)34)28-25-23(22)24(18-7-6-8-18)29-32(25)19-9-4-3-5-10-19/h3-5,9-10,15,17-18,20H,6-8,11-14,16H2,1-2H3,(H,33,34)/t20-/m1/s1. The molecule has 1 aromatic carbocycles. The smallest absolute Gasteiger partial charge is 0.354 e. The van der Waals surface area contributed by atoms with E-state index in [1.165, 1.54) is 6.42 Å². The zero-order valence-electron chi connectivity index (χ0n) is 19.8. The van der Waals surface area contributed by atoms with Crippen molar-refractivity contribution in [2.45, 2.75) is 44.2 Å². The molecule has 1 saturated carbocycles. The molecular formula is C26H32FN5O2. The summed E-state index contributed by atoms with van der Waals surface area (Å²) in [4.78, 5) is 20.7. The first-order valence-corrected chi connectivity index (χ1v) is 12.2. The molecule has 2 aliphatic rings. The molecule has 3 aromatic rings. The predicted molar refractivity (Wildman–Crippen MR) is 131 cm³/mol. The maximum absolute atomic E-state index is 14.7. The van der Waals surface area contributed by atoms with E-state index in [-0.39, 0.29) is 11.6 Å². The number of carboxylic acid groups (broad SMARTS) is 1. The first-order valence-electron chi connectivity index (χ1n) is 12.2. The molecule has 0 unspecified atom stereocenters. The van der Waals surface area contributed by atoms with Crippen LogP contribution in [0, 0.1) is 5.92 Å². The number of pyridine rings is 1. The molecule has 1 saturated heterocycles. The molecule has 8 heteroatoms. The van der Waals surface area contributed by atoms with Crippen LogP contribution in [0.25, 0.3) is 16.7 Å². The second-order valence-corrected chi connectivity index (χ2v) is 9.89. The minimum absolute atomic E-state index is 0.0119. The Kier molecular flexibility index (Phi) is 6.25.